The number of fused-ring (bicyclic) bond motifs is 3. The summed E-state index contributed by atoms with van der Waals surface area (Å²) in [6.45, 7) is 0. The molecule has 38 heavy (non-hydrogen) atoms. The van der Waals surface area contributed by atoms with Crippen LogP contribution in [0.1, 0.15) is 23.6 Å². The van der Waals surface area contributed by atoms with E-state index in [2.05, 4.69) is 0 Å². The SMILES string of the molecule is COc1cc2c(c(OC)c1O)-c1ccc(SC)c(=O)cc1[C@@H](N(C)S(=O)(=O)c1ccccc1[N+](=O)[O-])CC2. The maximum atomic E-state index is 13.8. The molecule has 3 aromatic rings. The molecule has 0 radical (unpaired) electrons. The van der Waals surface area contributed by atoms with Gasteiger partial charge in [-0.2, -0.15) is 4.31 Å². The highest BCUT2D eigenvalue weighted by Crippen LogP contribution is 2.50. The van der Waals surface area contributed by atoms with Gasteiger partial charge in [-0.15, -0.1) is 11.8 Å². The van der Waals surface area contributed by atoms with Crippen LogP contribution in [-0.2, 0) is 16.4 Å². The van der Waals surface area contributed by atoms with Crippen LogP contribution in [0.25, 0.3) is 11.1 Å². The molecule has 0 saturated carbocycles. The van der Waals surface area contributed by atoms with Crippen LogP contribution >= 0.6 is 11.8 Å². The number of sulfonamides is 1. The van der Waals surface area contributed by atoms with Gasteiger partial charge in [-0.05, 0) is 60.1 Å². The Morgan fingerprint density at radius 2 is 1.84 bits per heavy atom. The third-order valence-electron chi connectivity index (χ3n) is 6.66. The average Bonchev–Trinajstić information content (AvgIpc) is 3.15. The molecule has 4 rings (SSSR count). The van der Waals surface area contributed by atoms with Crippen molar-refractivity contribution in [3.63, 3.8) is 0 Å². The minimum atomic E-state index is -4.37. The second-order valence-corrected chi connectivity index (χ2v) is 11.4. The van der Waals surface area contributed by atoms with Gasteiger partial charge in [-0.1, -0.05) is 18.2 Å². The van der Waals surface area contributed by atoms with Crippen molar-refractivity contribution in [3.05, 3.63) is 80.0 Å². The molecule has 0 bridgehead atoms. The molecule has 12 heteroatoms. The Hall–Kier alpha value is -3.61. The van der Waals surface area contributed by atoms with Gasteiger partial charge in [-0.3, -0.25) is 14.9 Å². The third-order valence-corrected chi connectivity index (χ3v) is 9.35. The number of hydrogen-bond donors (Lipinski definition) is 1. The first-order valence-corrected chi connectivity index (χ1v) is 14.1. The number of aryl methyl sites for hydroxylation is 1. The maximum Gasteiger partial charge on any atom is 0.289 e. The van der Waals surface area contributed by atoms with Crippen molar-refractivity contribution in [2.45, 2.75) is 28.7 Å². The van der Waals surface area contributed by atoms with E-state index in [1.165, 1.54) is 57.3 Å². The van der Waals surface area contributed by atoms with Crippen LogP contribution in [0.15, 0.2) is 63.1 Å². The van der Waals surface area contributed by atoms with Gasteiger partial charge in [0.25, 0.3) is 5.69 Å². The van der Waals surface area contributed by atoms with E-state index in [0.717, 1.165) is 15.9 Å². The van der Waals surface area contributed by atoms with Crippen molar-refractivity contribution in [2.24, 2.45) is 0 Å². The van der Waals surface area contributed by atoms with Crippen LogP contribution in [0.3, 0.4) is 0 Å². The number of phenols is 1. The molecule has 10 nitrogen and oxygen atoms in total. The number of methoxy groups -OCH3 is 2. The molecule has 0 spiro atoms. The highest BCUT2D eigenvalue weighted by atomic mass is 32.2. The number of nitrogens with zero attached hydrogens (tertiary/aromatic N) is 2. The summed E-state index contributed by atoms with van der Waals surface area (Å²) in [6, 6.07) is 10.7. The normalized spacial score (nSPS) is 14.8. The van der Waals surface area contributed by atoms with Crippen LogP contribution < -0.4 is 14.9 Å². The molecule has 1 N–H and O–H groups in total. The fourth-order valence-corrected chi connectivity index (χ4v) is 6.78. The molecule has 0 unspecified atom stereocenters. The monoisotopic (exact) mass is 558 g/mol. The summed E-state index contributed by atoms with van der Waals surface area (Å²) in [5.74, 6) is 0.101. The summed E-state index contributed by atoms with van der Waals surface area (Å²) >= 11 is 1.25. The van der Waals surface area contributed by atoms with E-state index in [9.17, 15) is 28.4 Å². The van der Waals surface area contributed by atoms with E-state index in [4.69, 9.17) is 9.47 Å². The standard InChI is InChI=1S/C26H26N2O8S2/c1-27(38(33,34)23-8-6-5-7-19(23)28(31)32)18-11-9-15-13-21(35-2)25(30)26(36-3)24(15)16-10-12-22(37-4)20(29)14-17(16)18/h5-8,10,12-14,18,30H,9,11H2,1-4H3/t18-/m0/s1. The Labute approximate surface area is 224 Å². The Morgan fingerprint density at radius 1 is 1.13 bits per heavy atom. The van der Waals surface area contributed by atoms with E-state index in [1.807, 2.05) is 0 Å². The van der Waals surface area contributed by atoms with E-state index in [0.29, 0.717) is 28.0 Å². The largest absolute Gasteiger partial charge is 0.502 e. The quantitative estimate of drug-likeness (QED) is 0.255. The molecule has 0 saturated heterocycles. The van der Waals surface area contributed by atoms with Gasteiger partial charge in [0.15, 0.2) is 21.8 Å². The Morgan fingerprint density at radius 3 is 2.47 bits per heavy atom. The number of nitro benzene ring substituents is 1. The van der Waals surface area contributed by atoms with Crippen molar-refractivity contribution < 1.29 is 27.9 Å². The number of ether oxygens (including phenoxy) is 2. The van der Waals surface area contributed by atoms with Crippen molar-refractivity contribution >= 4 is 27.5 Å². The lowest BCUT2D eigenvalue weighted by molar-refractivity contribution is -0.387. The first kappa shape index (κ1) is 27.4. The van der Waals surface area contributed by atoms with Gasteiger partial charge in [0.1, 0.15) is 0 Å². The van der Waals surface area contributed by atoms with Crippen molar-refractivity contribution in [3.8, 4) is 28.4 Å². The number of rotatable bonds is 7. The molecular formula is C26H26N2O8S2. The summed E-state index contributed by atoms with van der Waals surface area (Å²) < 4.78 is 39.5. The van der Waals surface area contributed by atoms with Crippen molar-refractivity contribution in [1.82, 2.24) is 4.31 Å². The highest BCUT2D eigenvalue weighted by molar-refractivity contribution is 7.98. The molecule has 1 atom stereocenters. The molecule has 0 fully saturated rings. The number of aromatic hydroxyl groups is 1. The minimum Gasteiger partial charge on any atom is -0.502 e. The van der Waals surface area contributed by atoms with Gasteiger partial charge in [-0.25, -0.2) is 8.42 Å². The summed E-state index contributed by atoms with van der Waals surface area (Å²) in [4.78, 5) is 24.0. The van der Waals surface area contributed by atoms with Gasteiger partial charge >= 0.3 is 0 Å². The molecule has 0 aliphatic heterocycles. The van der Waals surface area contributed by atoms with Crippen LogP contribution in [0.4, 0.5) is 5.69 Å². The molecule has 3 aromatic carbocycles. The number of benzene rings is 2. The third kappa shape index (κ3) is 4.59. The van der Waals surface area contributed by atoms with Crippen molar-refractivity contribution in [1.29, 1.82) is 0 Å². The lowest BCUT2D eigenvalue weighted by Crippen LogP contribution is -2.32. The minimum absolute atomic E-state index is 0.134. The van der Waals surface area contributed by atoms with E-state index in [-0.39, 0.29) is 29.1 Å². The van der Waals surface area contributed by atoms with E-state index in [1.54, 1.807) is 24.5 Å². The second-order valence-electron chi connectivity index (χ2n) is 8.57. The number of nitro groups is 1. The van der Waals surface area contributed by atoms with E-state index < -0.39 is 31.6 Å². The van der Waals surface area contributed by atoms with Gasteiger partial charge < -0.3 is 14.6 Å². The Kier molecular flexibility index (Phi) is 7.68. The van der Waals surface area contributed by atoms with Crippen LogP contribution in [0.2, 0.25) is 0 Å². The fourth-order valence-electron chi connectivity index (χ4n) is 4.80. The first-order chi connectivity index (χ1) is 18.1. The first-order valence-electron chi connectivity index (χ1n) is 11.5. The molecule has 1 aliphatic carbocycles. The molecule has 200 valence electrons. The molecule has 1 aliphatic rings. The van der Waals surface area contributed by atoms with Crippen LogP contribution in [0, 0.1) is 10.1 Å². The fraction of sp³-hybridized carbons (Fsp3) is 0.269. The lowest BCUT2D eigenvalue weighted by atomic mass is 9.95. The second kappa shape index (κ2) is 10.6. The van der Waals surface area contributed by atoms with Crippen LogP contribution in [-0.4, -0.2) is 50.3 Å². The zero-order valence-corrected chi connectivity index (χ0v) is 22.8. The topological polar surface area (TPSA) is 136 Å². The number of thioether (sulfide) groups is 1. The Balaban J connectivity index is 2.02. The number of phenolic OH excluding ortho intramolecular Hbond substituents is 1. The molecule has 0 amide bonds. The van der Waals surface area contributed by atoms with E-state index >= 15 is 0 Å². The zero-order valence-electron chi connectivity index (χ0n) is 21.1. The lowest BCUT2D eigenvalue weighted by Gasteiger charge is -2.27. The summed E-state index contributed by atoms with van der Waals surface area (Å²) in [5.41, 5.74) is 1.28. The van der Waals surface area contributed by atoms with Gasteiger partial charge in [0.2, 0.25) is 15.8 Å². The summed E-state index contributed by atoms with van der Waals surface area (Å²) in [7, 11) is -0.210. The van der Waals surface area contributed by atoms with Gasteiger partial charge in [0, 0.05) is 18.7 Å². The van der Waals surface area contributed by atoms with Crippen LogP contribution in [0.5, 0.6) is 17.2 Å². The smallest absolute Gasteiger partial charge is 0.289 e. The molecular weight excluding hydrogens is 532 g/mol. The highest BCUT2D eigenvalue weighted by Gasteiger charge is 2.37. The average molecular weight is 559 g/mol. The number of para-hydroxylation sites is 1. The van der Waals surface area contributed by atoms with Gasteiger partial charge in [0.05, 0.1) is 30.1 Å². The summed E-state index contributed by atoms with van der Waals surface area (Å²) in [6.07, 6.45) is 2.34. The number of hydrogen-bond acceptors (Lipinski definition) is 9. The predicted octanol–water partition coefficient (Wildman–Crippen LogP) is 4.37. The van der Waals surface area contributed by atoms with Crippen molar-refractivity contribution in [2.75, 3.05) is 27.5 Å². The molecule has 0 heterocycles. The maximum absolute atomic E-state index is 13.8. The molecule has 0 aromatic heterocycles. The summed E-state index contributed by atoms with van der Waals surface area (Å²) in [5, 5.41) is 22.4. The zero-order chi connectivity index (χ0) is 27.8. The predicted molar refractivity (Wildman–Crippen MR) is 144 cm³/mol. The Bertz CT molecular complexity index is 1590.